The maximum Gasteiger partial charge on any atom is 0.119 e. The maximum atomic E-state index is 5.73. The van der Waals surface area contributed by atoms with Crippen LogP contribution in [0.1, 0.15) is 6.42 Å². The Bertz CT molecular complexity index is 238. The van der Waals surface area contributed by atoms with Crippen molar-refractivity contribution in [2.45, 2.75) is 6.42 Å². The van der Waals surface area contributed by atoms with Crippen molar-refractivity contribution in [2.24, 2.45) is 0 Å². The van der Waals surface area contributed by atoms with Gasteiger partial charge in [-0.2, -0.15) is 0 Å². The molecule has 0 atom stereocenters. The summed E-state index contributed by atoms with van der Waals surface area (Å²) in [5.41, 5.74) is 0. The first-order valence-corrected chi connectivity index (χ1v) is 4.73. The van der Waals surface area contributed by atoms with E-state index >= 15 is 0 Å². The standard InChI is InChI=1S/C10H14ClNO.ClH/c1-12-7-2-8-13-10-5-3-9(11)4-6-10;/h3-6,12H,2,7-8H2,1H3;1H. The summed E-state index contributed by atoms with van der Waals surface area (Å²) in [7, 11) is 1.93. The van der Waals surface area contributed by atoms with E-state index in [0.29, 0.717) is 0 Å². The van der Waals surface area contributed by atoms with Gasteiger partial charge in [-0.05, 0) is 44.3 Å². The van der Waals surface area contributed by atoms with E-state index in [9.17, 15) is 0 Å². The monoisotopic (exact) mass is 235 g/mol. The minimum Gasteiger partial charge on any atom is -0.494 e. The Hall–Kier alpha value is -0.440. The first-order valence-electron chi connectivity index (χ1n) is 4.36. The maximum absolute atomic E-state index is 5.73. The van der Waals surface area contributed by atoms with Crippen LogP contribution in [0.15, 0.2) is 24.3 Å². The number of halogens is 2. The average Bonchev–Trinajstić information content (AvgIpc) is 2.15. The Balaban J connectivity index is 0.00000169. The van der Waals surface area contributed by atoms with E-state index in [0.717, 1.165) is 30.3 Å². The highest BCUT2D eigenvalue weighted by molar-refractivity contribution is 6.30. The van der Waals surface area contributed by atoms with Gasteiger partial charge in [0.15, 0.2) is 0 Å². The molecule has 1 rings (SSSR count). The number of nitrogens with one attached hydrogen (secondary N) is 1. The van der Waals surface area contributed by atoms with E-state index in [1.165, 1.54) is 0 Å². The molecule has 14 heavy (non-hydrogen) atoms. The Kier molecular flexibility index (Phi) is 7.67. The van der Waals surface area contributed by atoms with Crippen LogP contribution < -0.4 is 10.1 Å². The van der Waals surface area contributed by atoms with Gasteiger partial charge in [0.2, 0.25) is 0 Å². The van der Waals surface area contributed by atoms with Gasteiger partial charge in [-0.15, -0.1) is 12.4 Å². The summed E-state index contributed by atoms with van der Waals surface area (Å²) in [5.74, 6) is 0.875. The summed E-state index contributed by atoms with van der Waals surface area (Å²) < 4.78 is 5.46. The third-order valence-electron chi connectivity index (χ3n) is 1.65. The van der Waals surface area contributed by atoms with Gasteiger partial charge < -0.3 is 10.1 Å². The van der Waals surface area contributed by atoms with Gasteiger partial charge in [-0.1, -0.05) is 11.6 Å². The molecule has 0 aliphatic heterocycles. The number of rotatable bonds is 5. The molecule has 0 fully saturated rings. The lowest BCUT2D eigenvalue weighted by Crippen LogP contribution is -2.11. The highest BCUT2D eigenvalue weighted by atomic mass is 35.5. The molecule has 80 valence electrons. The number of ether oxygens (including phenoxy) is 1. The normalized spacial score (nSPS) is 9.29. The van der Waals surface area contributed by atoms with Crippen LogP contribution in [0.5, 0.6) is 5.75 Å². The minimum absolute atomic E-state index is 0. The zero-order valence-electron chi connectivity index (χ0n) is 8.13. The van der Waals surface area contributed by atoms with E-state index in [1.54, 1.807) is 0 Å². The molecule has 0 aliphatic rings. The third kappa shape index (κ3) is 5.32. The van der Waals surface area contributed by atoms with Crippen molar-refractivity contribution in [2.75, 3.05) is 20.2 Å². The van der Waals surface area contributed by atoms with Crippen molar-refractivity contribution in [3.8, 4) is 5.75 Å². The van der Waals surface area contributed by atoms with E-state index in [-0.39, 0.29) is 12.4 Å². The predicted octanol–water partition coefficient (Wildman–Crippen LogP) is 2.75. The molecule has 0 bridgehead atoms. The molecule has 2 nitrogen and oxygen atoms in total. The van der Waals surface area contributed by atoms with Gasteiger partial charge in [0.05, 0.1) is 6.61 Å². The van der Waals surface area contributed by atoms with Crippen LogP contribution in [0, 0.1) is 0 Å². The molecule has 0 unspecified atom stereocenters. The lowest BCUT2D eigenvalue weighted by Gasteiger charge is -2.05. The molecule has 1 aromatic carbocycles. The lowest BCUT2D eigenvalue weighted by molar-refractivity contribution is 0.310. The van der Waals surface area contributed by atoms with Gasteiger partial charge in [0, 0.05) is 5.02 Å². The number of hydrogen-bond donors (Lipinski definition) is 1. The second kappa shape index (κ2) is 7.92. The molecule has 1 aromatic rings. The van der Waals surface area contributed by atoms with Crippen LogP contribution in [-0.4, -0.2) is 20.2 Å². The van der Waals surface area contributed by atoms with Gasteiger partial charge in [0.25, 0.3) is 0 Å². The Morgan fingerprint density at radius 3 is 2.50 bits per heavy atom. The fraction of sp³-hybridized carbons (Fsp3) is 0.400. The Morgan fingerprint density at radius 2 is 1.93 bits per heavy atom. The second-order valence-corrected chi connectivity index (χ2v) is 3.20. The zero-order chi connectivity index (χ0) is 9.52. The molecule has 0 heterocycles. The van der Waals surface area contributed by atoms with Crippen molar-refractivity contribution in [1.29, 1.82) is 0 Å². The average molecular weight is 236 g/mol. The molecule has 0 aliphatic carbocycles. The van der Waals surface area contributed by atoms with Crippen molar-refractivity contribution in [1.82, 2.24) is 5.32 Å². The highest BCUT2D eigenvalue weighted by Gasteiger charge is 1.92. The van der Waals surface area contributed by atoms with Crippen molar-refractivity contribution in [3.05, 3.63) is 29.3 Å². The molecule has 0 spiro atoms. The van der Waals surface area contributed by atoms with E-state index in [1.807, 2.05) is 31.3 Å². The largest absolute Gasteiger partial charge is 0.494 e. The van der Waals surface area contributed by atoms with Gasteiger partial charge >= 0.3 is 0 Å². The van der Waals surface area contributed by atoms with Crippen LogP contribution in [0.25, 0.3) is 0 Å². The molecule has 1 N–H and O–H groups in total. The molecule has 4 heteroatoms. The van der Waals surface area contributed by atoms with Crippen LogP contribution in [-0.2, 0) is 0 Å². The van der Waals surface area contributed by atoms with E-state index in [2.05, 4.69) is 5.32 Å². The molecular weight excluding hydrogens is 221 g/mol. The van der Waals surface area contributed by atoms with E-state index in [4.69, 9.17) is 16.3 Å². The van der Waals surface area contributed by atoms with Crippen molar-refractivity contribution < 1.29 is 4.74 Å². The number of hydrogen-bond acceptors (Lipinski definition) is 2. The van der Waals surface area contributed by atoms with Crippen LogP contribution >= 0.6 is 24.0 Å². The highest BCUT2D eigenvalue weighted by Crippen LogP contribution is 2.15. The number of benzene rings is 1. The molecule has 0 saturated heterocycles. The topological polar surface area (TPSA) is 21.3 Å². The second-order valence-electron chi connectivity index (χ2n) is 2.76. The lowest BCUT2D eigenvalue weighted by atomic mass is 10.3. The van der Waals surface area contributed by atoms with Crippen molar-refractivity contribution in [3.63, 3.8) is 0 Å². The summed E-state index contributed by atoms with van der Waals surface area (Å²) in [5, 5.41) is 3.80. The molecule has 0 amide bonds. The first kappa shape index (κ1) is 13.6. The summed E-state index contributed by atoms with van der Waals surface area (Å²) in [6.45, 7) is 1.72. The van der Waals surface area contributed by atoms with Gasteiger partial charge in [0.1, 0.15) is 5.75 Å². The molecule has 0 radical (unpaired) electrons. The van der Waals surface area contributed by atoms with Crippen LogP contribution in [0.3, 0.4) is 0 Å². The van der Waals surface area contributed by atoms with Gasteiger partial charge in [-0.25, -0.2) is 0 Å². The summed E-state index contributed by atoms with van der Waals surface area (Å²) >= 11 is 5.73. The SMILES string of the molecule is CNCCCOc1ccc(Cl)cc1.Cl. The van der Waals surface area contributed by atoms with Crippen LogP contribution in [0.2, 0.25) is 5.02 Å². The van der Waals surface area contributed by atoms with Crippen LogP contribution in [0.4, 0.5) is 0 Å². The third-order valence-corrected chi connectivity index (χ3v) is 1.91. The predicted molar refractivity (Wildman–Crippen MR) is 62.7 cm³/mol. The Morgan fingerprint density at radius 1 is 1.29 bits per heavy atom. The first-order chi connectivity index (χ1) is 6.33. The summed E-state index contributed by atoms with van der Waals surface area (Å²) in [4.78, 5) is 0. The van der Waals surface area contributed by atoms with Gasteiger partial charge in [-0.3, -0.25) is 0 Å². The fourth-order valence-electron chi connectivity index (χ4n) is 0.970. The zero-order valence-corrected chi connectivity index (χ0v) is 9.70. The summed E-state index contributed by atoms with van der Waals surface area (Å²) in [6, 6.07) is 7.41. The fourth-order valence-corrected chi connectivity index (χ4v) is 1.10. The minimum atomic E-state index is 0. The molecule has 0 saturated carbocycles. The quantitative estimate of drug-likeness (QED) is 0.793. The smallest absolute Gasteiger partial charge is 0.119 e. The molecule has 0 aromatic heterocycles. The molecular formula is C10H15Cl2NO. The summed E-state index contributed by atoms with van der Waals surface area (Å²) in [6.07, 6.45) is 1.01. The van der Waals surface area contributed by atoms with Crippen molar-refractivity contribution >= 4 is 24.0 Å². The van der Waals surface area contributed by atoms with E-state index < -0.39 is 0 Å². The Labute approximate surface area is 96.0 Å².